The zero-order valence-corrected chi connectivity index (χ0v) is 13.0. The molecular weight excluding hydrogens is 268 g/mol. The van der Waals surface area contributed by atoms with Gasteiger partial charge >= 0.3 is 0 Å². The molecule has 0 saturated carbocycles. The first-order valence-corrected chi connectivity index (χ1v) is 7.57. The molecule has 0 aromatic heterocycles. The van der Waals surface area contributed by atoms with Crippen LogP contribution in [-0.4, -0.2) is 0 Å². The van der Waals surface area contributed by atoms with Crippen LogP contribution in [0.15, 0.2) is 72.8 Å². The molecule has 0 aliphatic heterocycles. The summed E-state index contributed by atoms with van der Waals surface area (Å²) in [5.41, 5.74) is 6.20. The van der Waals surface area contributed by atoms with Crippen LogP contribution in [0.3, 0.4) is 0 Å². The Balaban J connectivity index is 1.82. The number of aryl methyl sites for hydroxylation is 2. The van der Waals surface area contributed by atoms with Gasteiger partial charge in [-0.2, -0.15) is 0 Å². The van der Waals surface area contributed by atoms with Gasteiger partial charge in [0.05, 0.1) is 0 Å². The number of hydrogen-bond acceptors (Lipinski definition) is 1. The highest BCUT2D eigenvalue weighted by molar-refractivity contribution is 5.67. The second-order valence-electron chi connectivity index (χ2n) is 5.56. The van der Waals surface area contributed by atoms with Crippen LogP contribution in [0, 0.1) is 13.8 Å². The van der Waals surface area contributed by atoms with Crippen LogP contribution in [0.4, 0.5) is 0 Å². The highest BCUT2D eigenvalue weighted by Crippen LogP contribution is 2.25. The Morgan fingerprint density at radius 3 is 2.23 bits per heavy atom. The normalized spacial score (nSPS) is 10.5. The van der Waals surface area contributed by atoms with Crippen molar-refractivity contribution < 1.29 is 4.74 Å². The second kappa shape index (κ2) is 6.48. The summed E-state index contributed by atoms with van der Waals surface area (Å²) in [5.74, 6) is 0.922. The van der Waals surface area contributed by atoms with Crippen LogP contribution in [-0.2, 0) is 6.61 Å². The summed E-state index contributed by atoms with van der Waals surface area (Å²) in [5, 5.41) is 0. The standard InChI is InChI=1S/C21H20O/c1-16-12-13-20(14-17(16)2)22-15-19-10-6-7-11-21(19)18-8-4-3-5-9-18/h3-14H,15H2,1-2H3. The van der Waals surface area contributed by atoms with Crippen molar-refractivity contribution in [2.24, 2.45) is 0 Å². The average molecular weight is 288 g/mol. The summed E-state index contributed by atoms with van der Waals surface area (Å²) < 4.78 is 5.99. The molecule has 0 bridgehead atoms. The van der Waals surface area contributed by atoms with E-state index in [1.165, 1.54) is 27.8 Å². The highest BCUT2D eigenvalue weighted by atomic mass is 16.5. The Morgan fingerprint density at radius 1 is 0.727 bits per heavy atom. The molecule has 1 heteroatoms. The maximum absolute atomic E-state index is 5.99. The Labute approximate surface area is 132 Å². The summed E-state index contributed by atoms with van der Waals surface area (Å²) in [6.07, 6.45) is 0. The van der Waals surface area contributed by atoms with Crippen molar-refractivity contribution in [2.45, 2.75) is 20.5 Å². The summed E-state index contributed by atoms with van der Waals surface area (Å²) in [4.78, 5) is 0. The molecule has 0 fully saturated rings. The predicted molar refractivity (Wildman–Crippen MR) is 92.1 cm³/mol. The van der Waals surface area contributed by atoms with Crippen molar-refractivity contribution >= 4 is 0 Å². The van der Waals surface area contributed by atoms with Gasteiger partial charge in [-0.15, -0.1) is 0 Å². The minimum atomic E-state index is 0.577. The monoisotopic (exact) mass is 288 g/mol. The first-order valence-electron chi connectivity index (χ1n) is 7.57. The van der Waals surface area contributed by atoms with E-state index in [1.807, 2.05) is 12.1 Å². The van der Waals surface area contributed by atoms with Crippen molar-refractivity contribution in [3.63, 3.8) is 0 Å². The molecule has 0 radical (unpaired) electrons. The van der Waals surface area contributed by atoms with Gasteiger partial charge in [-0.3, -0.25) is 0 Å². The summed E-state index contributed by atoms with van der Waals surface area (Å²) >= 11 is 0. The largest absolute Gasteiger partial charge is 0.489 e. The number of rotatable bonds is 4. The zero-order chi connectivity index (χ0) is 15.4. The van der Waals surface area contributed by atoms with E-state index < -0.39 is 0 Å². The summed E-state index contributed by atoms with van der Waals surface area (Å²) in [6.45, 7) is 4.80. The minimum absolute atomic E-state index is 0.577. The average Bonchev–Trinajstić information content (AvgIpc) is 2.57. The molecule has 1 nitrogen and oxygen atoms in total. The SMILES string of the molecule is Cc1ccc(OCc2ccccc2-c2ccccc2)cc1C. The van der Waals surface area contributed by atoms with Gasteiger partial charge in [0.15, 0.2) is 0 Å². The molecule has 0 spiro atoms. The van der Waals surface area contributed by atoms with Crippen molar-refractivity contribution in [2.75, 3.05) is 0 Å². The number of ether oxygens (including phenoxy) is 1. The van der Waals surface area contributed by atoms with Crippen molar-refractivity contribution in [3.8, 4) is 16.9 Å². The van der Waals surface area contributed by atoms with Crippen LogP contribution in [0.5, 0.6) is 5.75 Å². The van der Waals surface area contributed by atoms with E-state index in [0.29, 0.717) is 6.61 Å². The Morgan fingerprint density at radius 2 is 1.45 bits per heavy atom. The fourth-order valence-corrected chi connectivity index (χ4v) is 2.51. The van der Waals surface area contributed by atoms with E-state index in [9.17, 15) is 0 Å². The molecule has 0 N–H and O–H groups in total. The molecule has 0 heterocycles. The molecule has 0 aliphatic carbocycles. The lowest BCUT2D eigenvalue weighted by Crippen LogP contribution is -1.98. The third kappa shape index (κ3) is 3.20. The van der Waals surface area contributed by atoms with Gasteiger partial charge in [0.1, 0.15) is 12.4 Å². The quantitative estimate of drug-likeness (QED) is 0.611. The topological polar surface area (TPSA) is 9.23 Å². The summed E-state index contributed by atoms with van der Waals surface area (Å²) in [7, 11) is 0. The maximum atomic E-state index is 5.99. The summed E-state index contributed by atoms with van der Waals surface area (Å²) in [6, 6.07) is 25.1. The van der Waals surface area contributed by atoms with Gasteiger partial charge in [0.2, 0.25) is 0 Å². The molecule has 3 rings (SSSR count). The van der Waals surface area contributed by atoms with Crippen LogP contribution < -0.4 is 4.74 Å². The molecule has 0 saturated heterocycles. The van der Waals surface area contributed by atoms with Gasteiger partial charge in [-0.05, 0) is 53.8 Å². The molecule has 0 amide bonds. The minimum Gasteiger partial charge on any atom is -0.489 e. The smallest absolute Gasteiger partial charge is 0.120 e. The van der Waals surface area contributed by atoms with E-state index in [4.69, 9.17) is 4.74 Å². The first kappa shape index (κ1) is 14.4. The highest BCUT2D eigenvalue weighted by Gasteiger charge is 2.05. The molecule has 0 atom stereocenters. The van der Waals surface area contributed by atoms with E-state index in [-0.39, 0.29) is 0 Å². The first-order chi connectivity index (χ1) is 10.7. The molecule has 110 valence electrons. The van der Waals surface area contributed by atoms with Gasteiger partial charge in [0.25, 0.3) is 0 Å². The molecule has 3 aromatic rings. The van der Waals surface area contributed by atoms with Crippen LogP contribution in [0.2, 0.25) is 0 Å². The van der Waals surface area contributed by atoms with E-state index >= 15 is 0 Å². The van der Waals surface area contributed by atoms with Gasteiger partial charge in [-0.1, -0.05) is 60.7 Å². The van der Waals surface area contributed by atoms with E-state index in [1.54, 1.807) is 0 Å². The Hall–Kier alpha value is -2.54. The van der Waals surface area contributed by atoms with Crippen molar-refractivity contribution in [1.82, 2.24) is 0 Å². The maximum Gasteiger partial charge on any atom is 0.120 e. The number of hydrogen-bond donors (Lipinski definition) is 0. The fraction of sp³-hybridized carbons (Fsp3) is 0.143. The molecular formula is C21H20O. The van der Waals surface area contributed by atoms with Crippen molar-refractivity contribution in [1.29, 1.82) is 0 Å². The third-order valence-corrected chi connectivity index (χ3v) is 3.97. The van der Waals surface area contributed by atoms with Crippen LogP contribution >= 0.6 is 0 Å². The predicted octanol–water partition coefficient (Wildman–Crippen LogP) is 5.55. The van der Waals surface area contributed by atoms with Gasteiger partial charge in [-0.25, -0.2) is 0 Å². The number of benzene rings is 3. The molecule has 3 aromatic carbocycles. The molecule has 22 heavy (non-hydrogen) atoms. The van der Waals surface area contributed by atoms with Crippen LogP contribution in [0.1, 0.15) is 16.7 Å². The Kier molecular flexibility index (Phi) is 4.24. The lowest BCUT2D eigenvalue weighted by atomic mass is 10.0. The van der Waals surface area contributed by atoms with E-state index in [2.05, 4.69) is 74.5 Å². The second-order valence-corrected chi connectivity index (χ2v) is 5.56. The Bertz CT molecular complexity index is 760. The zero-order valence-electron chi connectivity index (χ0n) is 13.0. The lowest BCUT2D eigenvalue weighted by molar-refractivity contribution is 0.306. The van der Waals surface area contributed by atoms with Crippen molar-refractivity contribution in [3.05, 3.63) is 89.5 Å². The fourth-order valence-electron chi connectivity index (χ4n) is 2.51. The molecule has 0 unspecified atom stereocenters. The van der Waals surface area contributed by atoms with Gasteiger partial charge in [0, 0.05) is 0 Å². The lowest BCUT2D eigenvalue weighted by Gasteiger charge is -2.12. The van der Waals surface area contributed by atoms with Gasteiger partial charge < -0.3 is 4.74 Å². The molecule has 0 aliphatic rings. The van der Waals surface area contributed by atoms with Crippen LogP contribution in [0.25, 0.3) is 11.1 Å². The third-order valence-electron chi connectivity index (χ3n) is 3.97. The van der Waals surface area contributed by atoms with E-state index in [0.717, 1.165) is 5.75 Å².